The van der Waals surface area contributed by atoms with E-state index in [0.29, 0.717) is 6.54 Å². The Hall–Kier alpha value is -2.04. The lowest BCUT2D eigenvalue weighted by atomic mass is 9.81. The number of rotatable bonds is 5. The number of carbonyl (C=O) groups excluding carboxylic acids is 2. The fraction of sp³-hybridized carbons (Fsp3) is 0.600. The van der Waals surface area contributed by atoms with Crippen molar-refractivity contribution in [2.45, 2.75) is 58.5 Å². The number of carbonyl (C=O) groups is 2. The summed E-state index contributed by atoms with van der Waals surface area (Å²) in [6.45, 7) is 6.43. The molecule has 1 aromatic carbocycles. The molecule has 0 radical (unpaired) electrons. The minimum Gasteiger partial charge on any atom is -0.496 e. The average Bonchev–Trinajstić information content (AvgIpc) is 2.58. The molecule has 0 bridgehead atoms. The van der Waals surface area contributed by atoms with Gasteiger partial charge in [-0.05, 0) is 52.5 Å². The summed E-state index contributed by atoms with van der Waals surface area (Å²) in [5.41, 5.74) is 0.761. The molecule has 0 spiro atoms. The van der Waals surface area contributed by atoms with Crippen molar-refractivity contribution < 1.29 is 14.3 Å². The topological polar surface area (TPSA) is 67.4 Å². The van der Waals surface area contributed by atoms with Crippen molar-refractivity contribution >= 4 is 11.8 Å². The number of amides is 2. The van der Waals surface area contributed by atoms with E-state index in [1.165, 1.54) is 0 Å². The van der Waals surface area contributed by atoms with E-state index >= 15 is 0 Å². The molecule has 2 N–H and O–H groups in total. The monoisotopic (exact) mass is 346 g/mol. The summed E-state index contributed by atoms with van der Waals surface area (Å²) >= 11 is 0. The number of ether oxygens (including phenoxy) is 1. The zero-order valence-corrected chi connectivity index (χ0v) is 15.7. The van der Waals surface area contributed by atoms with Crippen molar-refractivity contribution in [3.63, 3.8) is 0 Å². The predicted molar refractivity (Wildman–Crippen MR) is 98.2 cm³/mol. The molecular weight excluding hydrogens is 316 g/mol. The zero-order chi connectivity index (χ0) is 18.4. The second-order valence-corrected chi connectivity index (χ2v) is 7.82. The molecule has 0 heterocycles. The van der Waals surface area contributed by atoms with Gasteiger partial charge < -0.3 is 15.4 Å². The normalized spacial score (nSPS) is 20.6. The Morgan fingerprint density at radius 2 is 1.60 bits per heavy atom. The maximum Gasteiger partial charge on any atom is 0.223 e. The van der Waals surface area contributed by atoms with Crippen LogP contribution in [0.2, 0.25) is 0 Å². The van der Waals surface area contributed by atoms with Crippen LogP contribution < -0.4 is 15.4 Å². The van der Waals surface area contributed by atoms with E-state index in [0.717, 1.165) is 37.0 Å². The van der Waals surface area contributed by atoms with Gasteiger partial charge in [0.1, 0.15) is 5.75 Å². The summed E-state index contributed by atoms with van der Waals surface area (Å²) < 4.78 is 5.31. The Morgan fingerprint density at radius 3 is 2.16 bits per heavy atom. The second-order valence-electron chi connectivity index (χ2n) is 7.82. The maximum absolute atomic E-state index is 12.4. The highest BCUT2D eigenvalue weighted by Crippen LogP contribution is 2.29. The van der Waals surface area contributed by atoms with Crippen LogP contribution in [0.3, 0.4) is 0 Å². The van der Waals surface area contributed by atoms with Crippen molar-refractivity contribution in [3.05, 3.63) is 29.8 Å². The third-order valence-electron chi connectivity index (χ3n) is 4.61. The smallest absolute Gasteiger partial charge is 0.223 e. The standard InChI is InChI=1S/C20H30N2O3/c1-20(2,3)22-19(24)15-11-9-14(10-12-15)18(23)21-13-16-7-5-6-8-17(16)25-4/h5-8,14-15H,9-13H2,1-4H3,(H,21,23)(H,22,24). The Morgan fingerprint density at radius 1 is 1.04 bits per heavy atom. The third kappa shape index (κ3) is 5.76. The van der Waals surface area contributed by atoms with Gasteiger partial charge in [-0.2, -0.15) is 0 Å². The number of methoxy groups -OCH3 is 1. The van der Waals surface area contributed by atoms with Crippen LogP contribution in [0.5, 0.6) is 5.75 Å². The zero-order valence-electron chi connectivity index (χ0n) is 15.7. The quantitative estimate of drug-likeness (QED) is 0.861. The van der Waals surface area contributed by atoms with E-state index in [1.54, 1.807) is 7.11 Å². The summed E-state index contributed by atoms with van der Waals surface area (Å²) in [4.78, 5) is 24.7. The summed E-state index contributed by atoms with van der Waals surface area (Å²) in [5.74, 6) is 0.984. The SMILES string of the molecule is COc1ccccc1CNC(=O)C1CCC(C(=O)NC(C)(C)C)CC1. The first-order valence-corrected chi connectivity index (χ1v) is 9.02. The Bertz CT molecular complexity index is 599. The largest absolute Gasteiger partial charge is 0.496 e. The third-order valence-corrected chi connectivity index (χ3v) is 4.61. The highest BCUT2D eigenvalue weighted by molar-refractivity contribution is 5.81. The van der Waals surface area contributed by atoms with Crippen molar-refractivity contribution in [1.82, 2.24) is 10.6 Å². The number of nitrogens with one attached hydrogen (secondary N) is 2. The summed E-state index contributed by atoms with van der Waals surface area (Å²) in [6.07, 6.45) is 3.07. The molecular formula is C20H30N2O3. The predicted octanol–water partition coefficient (Wildman–Crippen LogP) is 3.03. The van der Waals surface area contributed by atoms with Gasteiger partial charge in [0.05, 0.1) is 7.11 Å². The van der Waals surface area contributed by atoms with Crippen LogP contribution >= 0.6 is 0 Å². The Balaban J connectivity index is 1.80. The van der Waals surface area contributed by atoms with Crippen LogP contribution in [0.4, 0.5) is 0 Å². The van der Waals surface area contributed by atoms with Gasteiger partial charge in [0.15, 0.2) is 0 Å². The molecule has 0 saturated heterocycles. The van der Waals surface area contributed by atoms with Gasteiger partial charge in [-0.1, -0.05) is 18.2 Å². The lowest BCUT2D eigenvalue weighted by molar-refractivity contribution is -0.131. The summed E-state index contributed by atoms with van der Waals surface area (Å²) in [5, 5.41) is 6.05. The van der Waals surface area contributed by atoms with Crippen LogP contribution in [0, 0.1) is 11.8 Å². The van der Waals surface area contributed by atoms with Gasteiger partial charge in [0.25, 0.3) is 0 Å². The molecule has 2 rings (SSSR count). The minimum atomic E-state index is -0.208. The van der Waals surface area contributed by atoms with Crippen LogP contribution in [0.15, 0.2) is 24.3 Å². The lowest BCUT2D eigenvalue weighted by Gasteiger charge is -2.30. The fourth-order valence-corrected chi connectivity index (χ4v) is 3.27. The molecule has 5 nitrogen and oxygen atoms in total. The van der Waals surface area contributed by atoms with Gasteiger partial charge >= 0.3 is 0 Å². The first kappa shape index (κ1) is 19.3. The second kappa shape index (κ2) is 8.37. The molecule has 1 aromatic rings. The van der Waals surface area contributed by atoms with E-state index < -0.39 is 0 Å². The van der Waals surface area contributed by atoms with E-state index in [9.17, 15) is 9.59 Å². The number of para-hydroxylation sites is 1. The first-order valence-electron chi connectivity index (χ1n) is 9.02. The molecule has 1 fully saturated rings. The highest BCUT2D eigenvalue weighted by atomic mass is 16.5. The highest BCUT2D eigenvalue weighted by Gasteiger charge is 2.31. The molecule has 2 amide bonds. The molecule has 138 valence electrons. The molecule has 25 heavy (non-hydrogen) atoms. The van der Waals surface area contributed by atoms with E-state index in [4.69, 9.17) is 4.74 Å². The van der Waals surface area contributed by atoms with Gasteiger partial charge in [-0.3, -0.25) is 9.59 Å². The number of benzene rings is 1. The van der Waals surface area contributed by atoms with Gasteiger partial charge in [-0.15, -0.1) is 0 Å². The molecule has 0 unspecified atom stereocenters. The fourth-order valence-electron chi connectivity index (χ4n) is 3.27. The lowest BCUT2D eigenvalue weighted by Crippen LogP contribution is -2.45. The molecule has 1 aliphatic carbocycles. The average molecular weight is 346 g/mol. The van der Waals surface area contributed by atoms with E-state index in [2.05, 4.69) is 10.6 Å². The number of hydrogen-bond donors (Lipinski definition) is 2. The first-order chi connectivity index (χ1) is 11.8. The van der Waals surface area contributed by atoms with Gasteiger partial charge in [-0.25, -0.2) is 0 Å². The molecule has 5 heteroatoms. The van der Waals surface area contributed by atoms with Crippen molar-refractivity contribution in [2.75, 3.05) is 7.11 Å². The van der Waals surface area contributed by atoms with E-state index in [-0.39, 0.29) is 29.2 Å². The molecule has 1 aliphatic rings. The Kier molecular flexibility index (Phi) is 6.45. The molecule has 0 aliphatic heterocycles. The van der Waals surface area contributed by atoms with Crippen LogP contribution in [0.1, 0.15) is 52.0 Å². The Labute approximate surface area is 150 Å². The van der Waals surface area contributed by atoms with Crippen molar-refractivity contribution in [2.24, 2.45) is 11.8 Å². The van der Waals surface area contributed by atoms with Crippen LogP contribution in [0.25, 0.3) is 0 Å². The van der Waals surface area contributed by atoms with E-state index in [1.807, 2.05) is 45.0 Å². The molecule has 1 saturated carbocycles. The minimum absolute atomic E-state index is 0.00612. The van der Waals surface area contributed by atoms with Gasteiger partial charge in [0, 0.05) is 29.5 Å². The summed E-state index contributed by atoms with van der Waals surface area (Å²) in [7, 11) is 1.63. The maximum atomic E-state index is 12.4. The van der Waals surface area contributed by atoms with Crippen molar-refractivity contribution in [1.29, 1.82) is 0 Å². The molecule has 0 atom stereocenters. The van der Waals surface area contributed by atoms with Crippen molar-refractivity contribution in [3.8, 4) is 5.75 Å². The van der Waals surface area contributed by atoms with Crippen LogP contribution in [-0.2, 0) is 16.1 Å². The van der Waals surface area contributed by atoms with Crippen LogP contribution in [-0.4, -0.2) is 24.5 Å². The summed E-state index contributed by atoms with van der Waals surface area (Å²) in [6, 6.07) is 7.69. The van der Waals surface area contributed by atoms with Gasteiger partial charge in [0.2, 0.25) is 11.8 Å². The molecule has 0 aromatic heterocycles. The number of hydrogen-bond acceptors (Lipinski definition) is 3.